The van der Waals surface area contributed by atoms with E-state index in [1.807, 2.05) is 13.0 Å². The summed E-state index contributed by atoms with van der Waals surface area (Å²) in [5.74, 6) is 0.0292. The minimum Gasteiger partial charge on any atom is -0.491 e. The third-order valence-electron chi connectivity index (χ3n) is 3.16. The van der Waals surface area contributed by atoms with E-state index in [1.165, 1.54) is 0 Å². The highest BCUT2D eigenvalue weighted by Crippen LogP contribution is 2.26. The van der Waals surface area contributed by atoms with Gasteiger partial charge in [-0.05, 0) is 31.5 Å². The molecule has 1 fully saturated rings. The van der Waals surface area contributed by atoms with Gasteiger partial charge in [0.2, 0.25) is 0 Å². The fourth-order valence-electron chi connectivity index (χ4n) is 2.15. The number of nitrogens with one attached hydrogen (secondary N) is 2. The Bertz CT molecular complexity index is 389. The lowest BCUT2D eigenvalue weighted by Crippen LogP contribution is -2.55. The van der Waals surface area contributed by atoms with Gasteiger partial charge in [-0.1, -0.05) is 6.07 Å². The second kappa shape index (κ2) is 5.02. The van der Waals surface area contributed by atoms with Crippen molar-refractivity contribution in [2.45, 2.75) is 19.4 Å². The monoisotopic (exact) mass is 238 g/mol. The number of ether oxygens (including phenoxy) is 1. The molecule has 1 saturated heterocycles. The van der Waals surface area contributed by atoms with E-state index in [0.29, 0.717) is 12.4 Å². The van der Waals surface area contributed by atoms with Crippen LogP contribution in [0, 0.1) is 5.82 Å². The minimum atomic E-state index is -0.294. The number of benzene rings is 1. The molecule has 0 radical (unpaired) electrons. The van der Waals surface area contributed by atoms with Gasteiger partial charge >= 0.3 is 0 Å². The molecular formula is C13H19FN2O. The van der Waals surface area contributed by atoms with Crippen molar-refractivity contribution in [3.05, 3.63) is 29.6 Å². The number of piperazine rings is 1. The first-order chi connectivity index (χ1) is 8.15. The Morgan fingerprint density at radius 1 is 1.41 bits per heavy atom. The lowest BCUT2D eigenvalue weighted by Gasteiger charge is -2.36. The minimum absolute atomic E-state index is 0.205. The van der Waals surface area contributed by atoms with Crippen LogP contribution in [0.4, 0.5) is 4.39 Å². The van der Waals surface area contributed by atoms with Gasteiger partial charge in [0.1, 0.15) is 0 Å². The van der Waals surface area contributed by atoms with Crippen molar-refractivity contribution in [1.29, 1.82) is 0 Å². The quantitative estimate of drug-likeness (QED) is 0.839. The average Bonchev–Trinajstić information content (AvgIpc) is 2.33. The number of hydrogen-bond acceptors (Lipinski definition) is 3. The van der Waals surface area contributed by atoms with E-state index in [4.69, 9.17) is 4.74 Å². The van der Waals surface area contributed by atoms with E-state index in [-0.39, 0.29) is 11.4 Å². The molecule has 0 amide bonds. The van der Waals surface area contributed by atoms with Crippen molar-refractivity contribution in [2.75, 3.05) is 26.2 Å². The third-order valence-corrected chi connectivity index (χ3v) is 3.16. The van der Waals surface area contributed by atoms with Gasteiger partial charge in [0, 0.05) is 19.6 Å². The van der Waals surface area contributed by atoms with Crippen molar-refractivity contribution in [3.8, 4) is 5.75 Å². The van der Waals surface area contributed by atoms with E-state index >= 15 is 0 Å². The molecule has 2 rings (SSSR count). The first-order valence-electron chi connectivity index (χ1n) is 6.04. The van der Waals surface area contributed by atoms with Gasteiger partial charge in [0.25, 0.3) is 0 Å². The second-order valence-corrected chi connectivity index (χ2v) is 4.51. The van der Waals surface area contributed by atoms with E-state index in [0.717, 1.165) is 25.2 Å². The van der Waals surface area contributed by atoms with Crippen LogP contribution in [0.1, 0.15) is 19.4 Å². The summed E-state index contributed by atoms with van der Waals surface area (Å²) in [6.07, 6.45) is 0. The highest BCUT2D eigenvalue weighted by Gasteiger charge is 2.28. The van der Waals surface area contributed by atoms with Crippen LogP contribution in [0.2, 0.25) is 0 Å². The molecule has 1 atom stereocenters. The zero-order valence-corrected chi connectivity index (χ0v) is 10.3. The van der Waals surface area contributed by atoms with Crippen LogP contribution in [0.25, 0.3) is 0 Å². The molecule has 17 heavy (non-hydrogen) atoms. The SMILES string of the molecule is CCOc1ccc(C2(C)CNCCN2)cc1F. The Hall–Kier alpha value is -1.13. The largest absolute Gasteiger partial charge is 0.491 e. The predicted molar refractivity (Wildman–Crippen MR) is 65.8 cm³/mol. The van der Waals surface area contributed by atoms with Crippen molar-refractivity contribution < 1.29 is 9.13 Å². The third kappa shape index (κ3) is 2.58. The molecule has 94 valence electrons. The Morgan fingerprint density at radius 3 is 2.82 bits per heavy atom. The zero-order chi connectivity index (χ0) is 12.3. The van der Waals surface area contributed by atoms with Crippen LogP contribution in [0.3, 0.4) is 0 Å². The molecular weight excluding hydrogens is 219 g/mol. The summed E-state index contributed by atoms with van der Waals surface area (Å²) in [6.45, 7) is 7.06. The summed E-state index contributed by atoms with van der Waals surface area (Å²) in [5, 5.41) is 6.74. The molecule has 1 aromatic rings. The first kappa shape index (κ1) is 12.3. The van der Waals surface area contributed by atoms with Crippen molar-refractivity contribution in [2.24, 2.45) is 0 Å². The van der Waals surface area contributed by atoms with Crippen molar-refractivity contribution in [3.63, 3.8) is 0 Å². The summed E-state index contributed by atoms with van der Waals surface area (Å²) in [5.41, 5.74) is 0.745. The predicted octanol–water partition coefficient (Wildman–Crippen LogP) is 1.63. The maximum atomic E-state index is 13.8. The van der Waals surface area contributed by atoms with E-state index < -0.39 is 0 Å². The molecule has 1 aromatic carbocycles. The molecule has 4 heteroatoms. The van der Waals surface area contributed by atoms with Crippen LogP contribution in [-0.2, 0) is 5.54 Å². The van der Waals surface area contributed by atoms with Crippen molar-refractivity contribution >= 4 is 0 Å². The van der Waals surface area contributed by atoms with Gasteiger partial charge in [-0.3, -0.25) is 0 Å². The van der Waals surface area contributed by atoms with Gasteiger partial charge in [0.15, 0.2) is 11.6 Å². The van der Waals surface area contributed by atoms with Gasteiger partial charge in [-0.2, -0.15) is 0 Å². The first-order valence-corrected chi connectivity index (χ1v) is 6.04. The maximum Gasteiger partial charge on any atom is 0.165 e. The van der Waals surface area contributed by atoms with Crippen LogP contribution in [-0.4, -0.2) is 26.2 Å². The summed E-state index contributed by atoms with van der Waals surface area (Å²) in [6, 6.07) is 5.19. The highest BCUT2D eigenvalue weighted by molar-refractivity contribution is 5.33. The van der Waals surface area contributed by atoms with Crippen LogP contribution < -0.4 is 15.4 Å². The van der Waals surface area contributed by atoms with E-state index in [9.17, 15) is 4.39 Å². The van der Waals surface area contributed by atoms with Gasteiger partial charge in [-0.25, -0.2) is 4.39 Å². The summed E-state index contributed by atoms with van der Waals surface area (Å²) in [4.78, 5) is 0. The standard InChI is InChI=1S/C13H19FN2O/c1-3-17-12-5-4-10(8-11(12)14)13(2)9-15-6-7-16-13/h4-5,8,15-16H,3,6-7,9H2,1-2H3. The molecule has 0 aliphatic carbocycles. The van der Waals surface area contributed by atoms with E-state index in [2.05, 4.69) is 17.6 Å². The summed E-state index contributed by atoms with van der Waals surface area (Å²) >= 11 is 0. The number of hydrogen-bond donors (Lipinski definition) is 2. The van der Waals surface area contributed by atoms with Gasteiger partial charge in [0.05, 0.1) is 12.1 Å². The van der Waals surface area contributed by atoms with Crippen LogP contribution in [0.15, 0.2) is 18.2 Å². The van der Waals surface area contributed by atoms with E-state index in [1.54, 1.807) is 12.1 Å². The molecule has 0 bridgehead atoms. The zero-order valence-electron chi connectivity index (χ0n) is 10.3. The Kier molecular flexibility index (Phi) is 3.64. The van der Waals surface area contributed by atoms with Gasteiger partial charge < -0.3 is 15.4 Å². The Morgan fingerprint density at radius 2 is 2.24 bits per heavy atom. The summed E-state index contributed by atoms with van der Waals surface area (Å²) < 4.78 is 19.0. The molecule has 1 unspecified atom stereocenters. The second-order valence-electron chi connectivity index (χ2n) is 4.51. The highest BCUT2D eigenvalue weighted by atomic mass is 19.1. The molecule has 0 spiro atoms. The van der Waals surface area contributed by atoms with Crippen LogP contribution >= 0.6 is 0 Å². The van der Waals surface area contributed by atoms with Crippen LogP contribution in [0.5, 0.6) is 5.75 Å². The maximum absolute atomic E-state index is 13.8. The summed E-state index contributed by atoms with van der Waals surface area (Å²) in [7, 11) is 0. The molecule has 1 heterocycles. The topological polar surface area (TPSA) is 33.3 Å². The van der Waals surface area contributed by atoms with Crippen molar-refractivity contribution in [1.82, 2.24) is 10.6 Å². The lowest BCUT2D eigenvalue weighted by atomic mass is 9.90. The number of rotatable bonds is 3. The fraction of sp³-hybridized carbons (Fsp3) is 0.538. The molecule has 1 aliphatic rings. The molecule has 1 aliphatic heterocycles. The smallest absolute Gasteiger partial charge is 0.165 e. The molecule has 0 saturated carbocycles. The van der Waals surface area contributed by atoms with Gasteiger partial charge in [-0.15, -0.1) is 0 Å². The molecule has 3 nitrogen and oxygen atoms in total. The lowest BCUT2D eigenvalue weighted by molar-refractivity contribution is 0.298. The normalized spacial score (nSPS) is 24.6. The molecule has 0 aromatic heterocycles. The Balaban J connectivity index is 2.24. The average molecular weight is 238 g/mol. The Labute approximate surface area is 101 Å². The fourth-order valence-corrected chi connectivity index (χ4v) is 2.15. The molecule has 2 N–H and O–H groups in total. The number of halogens is 1.